The molecule has 0 fully saturated rings. The molecular formula is C14H16N4. The maximum absolute atomic E-state index is 5.77. The van der Waals surface area contributed by atoms with Gasteiger partial charge in [0, 0.05) is 17.1 Å². The molecule has 0 spiro atoms. The van der Waals surface area contributed by atoms with Crippen LogP contribution in [0.25, 0.3) is 10.9 Å². The van der Waals surface area contributed by atoms with Crippen molar-refractivity contribution in [1.82, 2.24) is 9.97 Å². The van der Waals surface area contributed by atoms with Crippen molar-refractivity contribution in [2.24, 2.45) is 0 Å². The van der Waals surface area contributed by atoms with Crippen molar-refractivity contribution in [1.29, 1.82) is 0 Å². The Morgan fingerprint density at radius 1 is 1.22 bits per heavy atom. The van der Waals surface area contributed by atoms with Gasteiger partial charge in [0.05, 0.1) is 5.52 Å². The third kappa shape index (κ3) is 2.14. The number of nitrogen functional groups attached to an aromatic ring is 1. The summed E-state index contributed by atoms with van der Waals surface area (Å²) in [4.78, 5) is 8.59. The van der Waals surface area contributed by atoms with Crippen molar-refractivity contribution in [3.63, 3.8) is 0 Å². The van der Waals surface area contributed by atoms with E-state index in [1.807, 2.05) is 18.2 Å². The maximum atomic E-state index is 5.77. The average molecular weight is 240 g/mol. The SMILES string of the molecule is Nc1ccc2c(NC3CC=CCC3)ncnc2c1. The monoisotopic (exact) mass is 240 g/mol. The molecule has 1 aromatic carbocycles. The average Bonchev–Trinajstić information content (AvgIpc) is 2.40. The van der Waals surface area contributed by atoms with E-state index in [0.29, 0.717) is 6.04 Å². The summed E-state index contributed by atoms with van der Waals surface area (Å²) in [6.45, 7) is 0. The number of hydrogen-bond acceptors (Lipinski definition) is 4. The highest BCUT2D eigenvalue weighted by atomic mass is 15.0. The van der Waals surface area contributed by atoms with E-state index in [2.05, 4.69) is 27.4 Å². The van der Waals surface area contributed by atoms with Crippen LogP contribution < -0.4 is 11.1 Å². The van der Waals surface area contributed by atoms with Gasteiger partial charge in [-0.1, -0.05) is 12.2 Å². The number of aromatic nitrogens is 2. The third-order valence-corrected chi connectivity index (χ3v) is 3.27. The summed E-state index contributed by atoms with van der Waals surface area (Å²) >= 11 is 0. The molecule has 1 aliphatic carbocycles. The van der Waals surface area contributed by atoms with Crippen LogP contribution in [0.5, 0.6) is 0 Å². The fraction of sp³-hybridized carbons (Fsp3) is 0.286. The molecule has 1 atom stereocenters. The maximum Gasteiger partial charge on any atom is 0.137 e. The Hall–Kier alpha value is -2.10. The van der Waals surface area contributed by atoms with E-state index in [9.17, 15) is 0 Å². The standard InChI is InChI=1S/C14H16N4/c15-10-6-7-12-13(8-10)16-9-17-14(12)18-11-4-2-1-3-5-11/h1-2,6-9,11H,3-5,15H2,(H,16,17,18). The molecule has 3 rings (SSSR count). The van der Waals surface area contributed by atoms with E-state index in [4.69, 9.17) is 5.73 Å². The predicted octanol–water partition coefficient (Wildman–Crippen LogP) is 2.73. The molecule has 0 amide bonds. The molecule has 4 heteroatoms. The van der Waals surface area contributed by atoms with Gasteiger partial charge in [-0.15, -0.1) is 0 Å². The van der Waals surface area contributed by atoms with Gasteiger partial charge in [0.2, 0.25) is 0 Å². The van der Waals surface area contributed by atoms with E-state index in [1.54, 1.807) is 6.33 Å². The first kappa shape index (κ1) is 11.0. The number of nitrogens with zero attached hydrogens (tertiary/aromatic N) is 2. The summed E-state index contributed by atoms with van der Waals surface area (Å²) in [6.07, 6.45) is 9.38. The fourth-order valence-corrected chi connectivity index (χ4v) is 2.31. The van der Waals surface area contributed by atoms with Crippen LogP contribution in [-0.2, 0) is 0 Å². The zero-order valence-corrected chi connectivity index (χ0v) is 10.1. The minimum atomic E-state index is 0.464. The minimum Gasteiger partial charge on any atom is -0.399 e. The molecule has 1 aliphatic rings. The molecule has 1 heterocycles. The molecule has 3 N–H and O–H groups in total. The van der Waals surface area contributed by atoms with E-state index in [1.165, 1.54) is 0 Å². The smallest absolute Gasteiger partial charge is 0.137 e. The van der Waals surface area contributed by atoms with Gasteiger partial charge in [-0.2, -0.15) is 0 Å². The number of hydrogen-bond donors (Lipinski definition) is 2. The first-order chi connectivity index (χ1) is 8.83. The largest absolute Gasteiger partial charge is 0.399 e. The lowest BCUT2D eigenvalue weighted by Crippen LogP contribution is -2.21. The van der Waals surface area contributed by atoms with E-state index < -0.39 is 0 Å². The van der Waals surface area contributed by atoms with Crippen LogP contribution in [0.3, 0.4) is 0 Å². The summed E-state index contributed by atoms with van der Waals surface area (Å²) < 4.78 is 0. The quantitative estimate of drug-likeness (QED) is 0.625. The molecule has 1 aromatic heterocycles. The van der Waals surface area contributed by atoms with E-state index in [0.717, 1.165) is 41.7 Å². The van der Waals surface area contributed by atoms with Gasteiger partial charge in [0.15, 0.2) is 0 Å². The first-order valence-corrected chi connectivity index (χ1v) is 6.25. The Labute approximate surface area is 106 Å². The first-order valence-electron chi connectivity index (χ1n) is 6.25. The van der Waals surface area contributed by atoms with Crippen molar-refractivity contribution >= 4 is 22.4 Å². The number of nitrogens with two attached hydrogens (primary N) is 1. The van der Waals surface area contributed by atoms with Crippen molar-refractivity contribution in [2.45, 2.75) is 25.3 Å². The van der Waals surface area contributed by atoms with Crippen molar-refractivity contribution in [2.75, 3.05) is 11.1 Å². The van der Waals surface area contributed by atoms with Gasteiger partial charge in [-0.05, 0) is 37.5 Å². The zero-order valence-electron chi connectivity index (χ0n) is 10.1. The minimum absolute atomic E-state index is 0.464. The molecular weight excluding hydrogens is 224 g/mol. The highest BCUT2D eigenvalue weighted by molar-refractivity contribution is 5.90. The molecule has 18 heavy (non-hydrogen) atoms. The van der Waals surface area contributed by atoms with Gasteiger partial charge >= 0.3 is 0 Å². The summed E-state index contributed by atoms with van der Waals surface area (Å²) in [7, 11) is 0. The van der Waals surface area contributed by atoms with Gasteiger partial charge in [0.1, 0.15) is 12.1 Å². The Morgan fingerprint density at radius 2 is 2.17 bits per heavy atom. The van der Waals surface area contributed by atoms with Crippen molar-refractivity contribution in [3.8, 4) is 0 Å². The van der Waals surface area contributed by atoms with E-state index in [-0.39, 0.29) is 0 Å². The lowest BCUT2D eigenvalue weighted by atomic mass is 10.0. The van der Waals surface area contributed by atoms with Gasteiger partial charge < -0.3 is 11.1 Å². The second-order valence-electron chi connectivity index (χ2n) is 4.62. The lowest BCUT2D eigenvalue weighted by molar-refractivity contribution is 0.643. The summed E-state index contributed by atoms with van der Waals surface area (Å²) in [5.41, 5.74) is 7.39. The highest BCUT2D eigenvalue weighted by Crippen LogP contribution is 2.23. The second-order valence-corrected chi connectivity index (χ2v) is 4.62. The third-order valence-electron chi connectivity index (χ3n) is 3.27. The van der Waals surface area contributed by atoms with Crippen LogP contribution in [0.2, 0.25) is 0 Å². The zero-order chi connectivity index (χ0) is 12.4. The van der Waals surface area contributed by atoms with Crippen LogP contribution >= 0.6 is 0 Å². The molecule has 0 saturated carbocycles. The number of nitrogens with one attached hydrogen (secondary N) is 1. The Kier molecular flexibility index (Phi) is 2.84. The molecule has 1 unspecified atom stereocenters. The topological polar surface area (TPSA) is 63.8 Å². The molecule has 4 nitrogen and oxygen atoms in total. The number of rotatable bonds is 2. The van der Waals surface area contributed by atoms with Crippen LogP contribution in [0.4, 0.5) is 11.5 Å². The van der Waals surface area contributed by atoms with E-state index >= 15 is 0 Å². The molecule has 0 saturated heterocycles. The van der Waals surface area contributed by atoms with Crippen molar-refractivity contribution < 1.29 is 0 Å². The Balaban J connectivity index is 1.93. The fourth-order valence-electron chi connectivity index (χ4n) is 2.31. The van der Waals surface area contributed by atoms with Crippen molar-refractivity contribution in [3.05, 3.63) is 36.7 Å². The molecule has 0 aliphatic heterocycles. The highest BCUT2D eigenvalue weighted by Gasteiger charge is 2.12. The number of benzene rings is 1. The molecule has 0 bridgehead atoms. The van der Waals surface area contributed by atoms with Crippen LogP contribution in [0.15, 0.2) is 36.7 Å². The summed E-state index contributed by atoms with van der Waals surface area (Å²) in [6, 6.07) is 6.21. The number of allylic oxidation sites excluding steroid dienone is 1. The molecule has 92 valence electrons. The summed E-state index contributed by atoms with van der Waals surface area (Å²) in [5.74, 6) is 0.903. The van der Waals surface area contributed by atoms with Gasteiger partial charge in [-0.3, -0.25) is 0 Å². The van der Waals surface area contributed by atoms with Crippen LogP contribution in [0.1, 0.15) is 19.3 Å². The number of fused-ring (bicyclic) bond motifs is 1. The van der Waals surface area contributed by atoms with Crippen LogP contribution in [0, 0.1) is 0 Å². The number of anilines is 2. The normalized spacial score (nSPS) is 19.0. The molecule has 2 aromatic rings. The Bertz CT molecular complexity index is 591. The lowest BCUT2D eigenvalue weighted by Gasteiger charge is -2.20. The van der Waals surface area contributed by atoms with Gasteiger partial charge in [-0.25, -0.2) is 9.97 Å². The second kappa shape index (κ2) is 4.64. The van der Waals surface area contributed by atoms with Gasteiger partial charge in [0.25, 0.3) is 0 Å². The molecule has 0 radical (unpaired) electrons. The predicted molar refractivity (Wildman–Crippen MR) is 74.4 cm³/mol. The Morgan fingerprint density at radius 3 is 3.00 bits per heavy atom. The summed E-state index contributed by atoms with van der Waals surface area (Å²) in [5, 5.41) is 4.53. The van der Waals surface area contributed by atoms with Crippen LogP contribution in [-0.4, -0.2) is 16.0 Å².